The first-order chi connectivity index (χ1) is 8.85. The second-order valence-corrected chi connectivity index (χ2v) is 6.32. The van der Waals surface area contributed by atoms with E-state index in [4.69, 9.17) is 11.6 Å². The predicted octanol–water partition coefficient (Wildman–Crippen LogP) is 3.06. The lowest BCUT2D eigenvalue weighted by Crippen LogP contribution is -2.52. The van der Waals surface area contributed by atoms with Crippen molar-refractivity contribution in [1.29, 1.82) is 0 Å². The maximum Gasteiger partial charge on any atom is 0.323 e. The molecule has 0 aliphatic heterocycles. The molecule has 4 nitrogen and oxygen atoms in total. The summed E-state index contributed by atoms with van der Waals surface area (Å²) in [4.78, 5) is 15.5. The fourth-order valence-electron chi connectivity index (χ4n) is 1.71. The van der Waals surface area contributed by atoms with Crippen LogP contribution in [-0.4, -0.2) is 33.4 Å². The van der Waals surface area contributed by atoms with E-state index in [0.717, 1.165) is 5.03 Å². The van der Waals surface area contributed by atoms with Crippen molar-refractivity contribution >= 4 is 29.3 Å². The summed E-state index contributed by atoms with van der Waals surface area (Å²) >= 11 is 7.48. The number of halogens is 1. The lowest BCUT2D eigenvalue weighted by molar-refractivity contribution is -0.144. The van der Waals surface area contributed by atoms with Crippen molar-refractivity contribution in [1.82, 2.24) is 10.3 Å². The lowest BCUT2D eigenvalue weighted by atomic mass is 9.98. The maximum absolute atomic E-state index is 11.4. The van der Waals surface area contributed by atoms with Crippen molar-refractivity contribution in [3.8, 4) is 0 Å². The second kappa shape index (κ2) is 7.12. The Balaban J connectivity index is 2.58. The van der Waals surface area contributed by atoms with Gasteiger partial charge in [0, 0.05) is 18.0 Å². The van der Waals surface area contributed by atoms with E-state index in [9.17, 15) is 9.90 Å². The van der Waals surface area contributed by atoms with Gasteiger partial charge in [-0.25, -0.2) is 4.98 Å². The first kappa shape index (κ1) is 16.3. The third-order valence-electron chi connectivity index (χ3n) is 2.64. The maximum atomic E-state index is 11.4. The highest BCUT2D eigenvalue weighted by atomic mass is 35.5. The minimum atomic E-state index is -0.928. The number of carbonyl (C=O) groups is 1. The van der Waals surface area contributed by atoms with E-state index < -0.39 is 11.5 Å². The van der Waals surface area contributed by atoms with Gasteiger partial charge in [0.25, 0.3) is 0 Å². The molecule has 1 heterocycles. The van der Waals surface area contributed by atoms with Crippen LogP contribution in [0.3, 0.4) is 0 Å². The van der Waals surface area contributed by atoms with Crippen LogP contribution in [0.15, 0.2) is 23.4 Å². The van der Waals surface area contributed by atoms with E-state index in [0.29, 0.717) is 17.2 Å². The molecule has 1 aromatic rings. The van der Waals surface area contributed by atoms with E-state index in [1.807, 2.05) is 13.8 Å². The SMILES string of the molecule is CC(C)NC(C)(CCSc1ncccc1Cl)C(=O)O. The van der Waals surface area contributed by atoms with Gasteiger partial charge in [-0.3, -0.25) is 10.1 Å². The van der Waals surface area contributed by atoms with Crippen LogP contribution in [-0.2, 0) is 4.79 Å². The molecule has 6 heteroatoms. The number of aromatic nitrogens is 1. The van der Waals surface area contributed by atoms with Crippen molar-refractivity contribution in [2.24, 2.45) is 0 Å². The molecule has 0 aromatic carbocycles. The molecule has 2 N–H and O–H groups in total. The van der Waals surface area contributed by atoms with E-state index in [1.165, 1.54) is 11.8 Å². The van der Waals surface area contributed by atoms with Crippen LogP contribution < -0.4 is 5.32 Å². The number of pyridine rings is 1. The fourth-order valence-corrected chi connectivity index (χ4v) is 3.04. The number of rotatable bonds is 7. The quantitative estimate of drug-likeness (QED) is 0.758. The monoisotopic (exact) mass is 302 g/mol. The Hall–Kier alpha value is -0.780. The molecule has 0 fully saturated rings. The van der Waals surface area contributed by atoms with Crippen molar-refractivity contribution in [3.63, 3.8) is 0 Å². The first-order valence-electron chi connectivity index (χ1n) is 6.09. The van der Waals surface area contributed by atoms with Crippen molar-refractivity contribution < 1.29 is 9.90 Å². The smallest absolute Gasteiger partial charge is 0.323 e. The molecular weight excluding hydrogens is 284 g/mol. The minimum Gasteiger partial charge on any atom is -0.480 e. The largest absolute Gasteiger partial charge is 0.480 e. The minimum absolute atomic E-state index is 0.115. The van der Waals surface area contributed by atoms with Gasteiger partial charge >= 0.3 is 5.97 Å². The highest BCUT2D eigenvalue weighted by molar-refractivity contribution is 7.99. The normalized spacial score (nSPS) is 14.4. The molecule has 1 aromatic heterocycles. The van der Waals surface area contributed by atoms with Gasteiger partial charge in [0.2, 0.25) is 0 Å². The van der Waals surface area contributed by atoms with Crippen molar-refractivity contribution in [3.05, 3.63) is 23.4 Å². The summed E-state index contributed by atoms with van der Waals surface area (Å²) in [5.74, 6) is -0.201. The van der Waals surface area contributed by atoms with Crippen molar-refractivity contribution in [2.75, 3.05) is 5.75 Å². The Morgan fingerprint density at radius 3 is 2.84 bits per heavy atom. The molecule has 0 bridgehead atoms. The summed E-state index contributed by atoms with van der Waals surface area (Å²) in [6, 6.07) is 3.66. The lowest BCUT2D eigenvalue weighted by Gasteiger charge is -2.28. The van der Waals surface area contributed by atoms with Gasteiger partial charge in [0.1, 0.15) is 10.6 Å². The molecule has 0 aliphatic carbocycles. The third kappa shape index (κ3) is 5.01. The molecule has 0 radical (unpaired) electrons. The molecule has 1 rings (SSSR count). The Labute approximate surface area is 123 Å². The van der Waals surface area contributed by atoms with Crippen molar-refractivity contribution in [2.45, 2.75) is 43.8 Å². The molecule has 106 valence electrons. The molecule has 0 spiro atoms. The summed E-state index contributed by atoms with van der Waals surface area (Å²) in [6.07, 6.45) is 2.18. The fraction of sp³-hybridized carbons (Fsp3) is 0.538. The molecule has 0 aliphatic rings. The van der Waals surface area contributed by atoms with Crippen LogP contribution in [0.25, 0.3) is 0 Å². The molecule has 19 heavy (non-hydrogen) atoms. The van der Waals surface area contributed by atoms with E-state index >= 15 is 0 Å². The Morgan fingerprint density at radius 2 is 2.32 bits per heavy atom. The zero-order chi connectivity index (χ0) is 14.5. The molecule has 0 saturated heterocycles. The van der Waals surface area contributed by atoms with Crippen LogP contribution in [0.5, 0.6) is 0 Å². The number of thioether (sulfide) groups is 1. The van der Waals surface area contributed by atoms with Gasteiger partial charge in [0.05, 0.1) is 5.02 Å². The van der Waals surface area contributed by atoms with Crippen LogP contribution in [0, 0.1) is 0 Å². The summed E-state index contributed by atoms with van der Waals surface area (Å²) in [6.45, 7) is 5.57. The summed E-state index contributed by atoms with van der Waals surface area (Å²) in [5, 5.41) is 13.7. The molecule has 0 amide bonds. The second-order valence-electron chi connectivity index (χ2n) is 4.83. The number of carboxylic acid groups (broad SMARTS) is 1. The highest BCUT2D eigenvalue weighted by Gasteiger charge is 2.32. The van der Waals surface area contributed by atoms with Gasteiger partial charge in [-0.05, 0) is 39.3 Å². The van der Waals surface area contributed by atoms with Gasteiger partial charge in [-0.1, -0.05) is 11.6 Å². The van der Waals surface area contributed by atoms with E-state index in [1.54, 1.807) is 25.3 Å². The van der Waals surface area contributed by atoms with Crippen LogP contribution in [0.2, 0.25) is 5.02 Å². The van der Waals surface area contributed by atoms with E-state index in [-0.39, 0.29) is 6.04 Å². The topological polar surface area (TPSA) is 62.2 Å². The number of aliphatic carboxylic acids is 1. The molecule has 1 unspecified atom stereocenters. The Bertz CT molecular complexity index is 442. The molecular formula is C13H19ClN2O2S. The highest BCUT2D eigenvalue weighted by Crippen LogP contribution is 2.26. The van der Waals surface area contributed by atoms with Crippen LogP contribution >= 0.6 is 23.4 Å². The Kier molecular flexibility index (Phi) is 6.10. The number of nitrogens with one attached hydrogen (secondary N) is 1. The van der Waals surface area contributed by atoms with Gasteiger partial charge < -0.3 is 5.11 Å². The average Bonchev–Trinajstić information content (AvgIpc) is 2.30. The first-order valence-corrected chi connectivity index (χ1v) is 7.46. The number of hydrogen-bond acceptors (Lipinski definition) is 4. The molecule has 0 saturated carbocycles. The summed E-state index contributed by atoms with van der Waals surface area (Å²) in [7, 11) is 0. The third-order valence-corrected chi connectivity index (χ3v) is 4.07. The van der Waals surface area contributed by atoms with Gasteiger partial charge in [0.15, 0.2) is 0 Å². The van der Waals surface area contributed by atoms with E-state index in [2.05, 4.69) is 10.3 Å². The summed E-state index contributed by atoms with van der Waals surface area (Å²) in [5.41, 5.74) is -0.928. The van der Waals surface area contributed by atoms with Gasteiger partial charge in [-0.15, -0.1) is 11.8 Å². The number of nitrogens with zero attached hydrogens (tertiary/aromatic N) is 1. The number of carboxylic acids is 1. The summed E-state index contributed by atoms with van der Waals surface area (Å²) < 4.78 is 0. The predicted molar refractivity (Wildman–Crippen MR) is 78.9 cm³/mol. The Morgan fingerprint density at radius 1 is 1.63 bits per heavy atom. The van der Waals surface area contributed by atoms with Gasteiger partial charge in [-0.2, -0.15) is 0 Å². The molecule has 1 atom stereocenters. The zero-order valence-corrected chi connectivity index (χ0v) is 12.9. The average molecular weight is 303 g/mol. The standard InChI is InChI=1S/C13H19ClN2O2S/c1-9(2)16-13(3,12(17)18)6-8-19-11-10(14)5-4-7-15-11/h4-5,7,9,16H,6,8H2,1-3H3,(H,17,18). The van der Waals surface area contributed by atoms with Crippen LogP contribution in [0.4, 0.5) is 0 Å². The zero-order valence-electron chi connectivity index (χ0n) is 11.3. The number of hydrogen-bond donors (Lipinski definition) is 2. The van der Waals surface area contributed by atoms with Crippen LogP contribution in [0.1, 0.15) is 27.2 Å².